The number of aryl methyl sites for hydroxylation is 1. The van der Waals surface area contributed by atoms with Crippen molar-refractivity contribution in [3.63, 3.8) is 0 Å². The van der Waals surface area contributed by atoms with Gasteiger partial charge in [0.1, 0.15) is 10.8 Å². The highest BCUT2D eigenvalue weighted by Gasteiger charge is 2.28. The molecule has 0 radical (unpaired) electrons. The molecule has 1 heterocycles. The van der Waals surface area contributed by atoms with Crippen LogP contribution in [0.25, 0.3) is 0 Å². The van der Waals surface area contributed by atoms with Gasteiger partial charge in [-0.2, -0.15) is 0 Å². The van der Waals surface area contributed by atoms with Gasteiger partial charge < -0.3 is 14.8 Å². The van der Waals surface area contributed by atoms with E-state index >= 15 is 0 Å². The molecule has 1 atom stereocenters. The number of benzene rings is 1. The zero-order valence-corrected chi connectivity index (χ0v) is 17.6. The van der Waals surface area contributed by atoms with E-state index in [2.05, 4.69) is 5.32 Å². The third-order valence-electron chi connectivity index (χ3n) is 4.53. The lowest BCUT2D eigenvalue weighted by molar-refractivity contribution is -0.122. The lowest BCUT2D eigenvalue weighted by Crippen LogP contribution is -2.30. The molecule has 28 heavy (non-hydrogen) atoms. The van der Waals surface area contributed by atoms with Gasteiger partial charge in [0.05, 0.1) is 12.2 Å². The summed E-state index contributed by atoms with van der Waals surface area (Å²) in [5, 5.41) is 3.97. The molecule has 0 bridgehead atoms. The number of carbonyl (C=O) groups excluding carboxylic acids is 2. The Kier molecular flexibility index (Phi) is 6.97. The van der Waals surface area contributed by atoms with E-state index in [0.29, 0.717) is 27.9 Å². The fraction of sp³-hybridized carbons (Fsp3) is 0.429. The molecule has 150 valence electrons. The summed E-state index contributed by atoms with van der Waals surface area (Å²) in [5.41, 5.74) is 1.53. The Morgan fingerprint density at radius 3 is 2.82 bits per heavy atom. The lowest BCUT2D eigenvalue weighted by atomic mass is 9.95. The van der Waals surface area contributed by atoms with Crippen molar-refractivity contribution in [3.05, 3.63) is 45.3 Å². The summed E-state index contributed by atoms with van der Waals surface area (Å²) in [6, 6.07) is 6.90. The van der Waals surface area contributed by atoms with Crippen LogP contribution in [-0.2, 0) is 22.4 Å². The van der Waals surface area contributed by atoms with Crippen LogP contribution in [0, 0.1) is 0 Å². The third-order valence-corrected chi connectivity index (χ3v) is 5.97. The van der Waals surface area contributed by atoms with Crippen LogP contribution in [0.1, 0.15) is 53.9 Å². The van der Waals surface area contributed by atoms with Gasteiger partial charge in [0.2, 0.25) is 0 Å². The average molecular weight is 422 g/mol. The molecule has 1 aliphatic rings. The maximum absolute atomic E-state index is 12.7. The zero-order chi connectivity index (χ0) is 20.1. The Morgan fingerprint density at radius 1 is 1.29 bits per heavy atom. The SMILES string of the molecule is CCCOC(=O)c1c(NC(=O)C(C)Oc2cccc(Cl)c2)sc2c1CCCC2. The first-order valence-corrected chi connectivity index (χ1v) is 10.7. The number of anilines is 1. The number of halogens is 1. The first-order valence-electron chi connectivity index (χ1n) is 9.54. The zero-order valence-electron chi connectivity index (χ0n) is 16.0. The number of ether oxygens (including phenoxy) is 2. The molecule has 1 N–H and O–H groups in total. The van der Waals surface area contributed by atoms with E-state index in [1.165, 1.54) is 11.3 Å². The first kappa shape index (κ1) is 20.7. The summed E-state index contributed by atoms with van der Waals surface area (Å²) in [7, 11) is 0. The normalized spacial score (nSPS) is 14.1. The van der Waals surface area contributed by atoms with E-state index in [1.807, 2.05) is 6.92 Å². The summed E-state index contributed by atoms with van der Waals surface area (Å²) in [6.07, 6.45) is 3.92. The fourth-order valence-electron chi connectivity index (χ4n) is 3.15. The molecule has 1 aromatic heterocycles. The van der Waals surface area contributed by atoms with Crippen molar-refractivity contribution in [1.82, 2.24) is 0 Å². The minimum Gasteiger partial charge on any atom is -0.481 e. The van der Waals surface area contributed by atoms with Crippen LogP contribution in [-0.4, -0.2) is 24.6 Å². The number of esters is 1. The van der Waals surface area contributed by atoms with E-state index in [1.54, 1.807) is 31.2 Å². The van der Waals surface area contributed by atoms with Crippen molar-refractivity contribution < 1.29 is 19.1 Å². The predicted molar refractivity (Wildman–Crippen MR) is 112 cm³/mol. The molecule has 0 saturated heterocycles. The van der Waals surface area contributed by atoms with Gasteiger partial charge in [-0.25, -0.2) is 4.79 Å². The van der Waals surface area contributed by atoms with Crippen LogP contribution in [0.3, 0.4) is 0 Å². The van der Waals surface area contributed by atoms with Crippen molar-refractivity contribution in [3.8, 4) is 5.75 Å². The van der Waals surface area contributed by atoms with E-state index in [9.17, 15) is 9.59 Å². The molecule has 0 fully saturated rings. The Hall–Kier alpha value is -2.05. The van der Waals surface area contributed by atoms with Crippen molar-refractivity contribution in [1.29, 1.82) is 0 Å². The third kappa shape index (κ3) is 4.86. The van der Waals surface area contributed by atoms with Crippen molar-refractivity contribution >= 4 is 39.8 Å². The van der Waals surface area contributed by atoms with Gasteiger partial charge in [0.25, 0.3) is 5.91 Å². The minimum atomic E-state index is -0.739. The summed E-state index contributed by atoms with van der Waals surface area (Å²) >= 11 is 7.43. The van der Waals surface area contributed by atoms with Crippen molar-refractivity contribution in [2.24, 2.45) is 0 Å². The number of hydrogen-bond acceptors (Lipinski definition) is 5. The molecule has 3 rings (SSSR count). The molecule has 1 amide bonds. The van der Waals surface area contributed by atoms with Gasteiger partial charge in [-0.05, 0) is 62.8 Å². The van der Waals surface area contributed by atoms with Crippen LogP contribution >= 0.6 is 22.9 Å². The minimum absolute atomic E-state index is 0.317. The molecule has 5 nitrogen and oxygen atoms in total. The largest absolute Gasteiger partial charge is 0.481 e. The highest BCUT2D eigenvalue weighted by Crippen LogP contribution is 2.38. The summed E-state index contributed by atoms with van der Waals surface area (Å²) < 4.78 is 11.1. The van der Waals surface area contributed by atoms with E-state index in [-0.39, 0.29) is 11.9 Å². The smallest absolute Gasteiger partial charge is 0.341 e. The van der Waals surface area contributed by atoms with Gasteiger partial charge in [-0.1, -0.05) is 24.6 Å². The summed E-state index contributed by atoms with van der Waals surface area (Å²) in [4.78, 5) is 26.5. The number of rotatable bonds is 7. The van der Waals surface area contributed by atoms with Crippen molar-refractivity contribution in [2.75, 3.05) is 11.9 Å². The number of fused-ring (bicyclic) bond motifs is 1. The monoisotopic (exact) mass is 421 g/mol. The molecule has 1 aliphatic carbocycles. The molecule has 1 unspecified atom stereocenters. The molecule has 1 aromatic carbocycles. The maximum Gasteiger partial charge on any atom is 0.341 e. The molecule has 7 heteroatoms. The maximum atomic E-state index is 12.7. The molecule has 2 aromatic rings. The second kappa shape index (κ2) is 9.43. The van der Waals surface area contributed by atoms with Crippen LogP contribution < -0.4 is 10.1 Å². The van der Waals surface area contributed by atoms with Crippen LogP contribution in [0.5, 0.6) is 5.75 Å². The van der Waals surface area contributed by atoms with Crippen LogP contribution in [0.2, 0.25) is 5.02 Å². The molecular weight excluding hydrogens is 398 g/mol. The van der Waals surface area contributed by atoms with Gasteiger partial charge in [0, 0.05) is 9.90 Å². The van der Waals surface area contributed by atoms with Gasteiger partial charge in [-0.3, -0.25) is 4.79 Å². The average Bonchev–Trinajstić information content (AvgIpc) is 3.04. The van der Waals surface area contributed by atoms with E-state index < -0.39 is 6.10 Å². The first-order chi connectivity index (χ1) is 13.5. The number of carbonyl (C=O) groups is 2. The Morgan fingerprint density at radius 2 is 2.07 bits per heavy atom. The molecule has 0 saturated carbocycles. The number of nitrogens with one attached hydrogen (secondary N) is 1. The standard InChI is InChI=1S/C21H24ClNO4S/c1-3-11-26-21(25)18-16-9-4-5-10-17(16)28-20(18)23-19(24)13(2)27-15-8-6-7-14(22)12-15/h6-8,12-13H,3-5,9-11H2,1-2H3,(H,23,24). The van der Waals surface area contributed by atoms with Gasteiger partial charge in [0.15, 0.2) is 6.10 Å². The number of thiophene rings is 1. The predicted octanol–water partition coefficient (Wildman–Crippen LogP) is 5.25. The molecule has 0 spiro atoms. The topological polar surface area (TPSA) is 64.6 Å². The summed E-state index contributed by atoms with van der Waals surface area (Å²) in [6.45, 7) is 3.98. The van der Waals surface area contributed by atoms with Crippen molar-refractivity contribution in [2.45, 2.75) is 52.1 Å². The van der Waals surface area contributed by atoms with E-state index in [4.69, 9.17) is 21.1 Å². The van der Waals surface area contributed by atoms with Crippen LogP contribution in [0.4, 0.5) is 5.00 Å². The second-order valence-corrected chi connectivity index (χ2v) is 8.30. The number of amides is 1. The Labute approximate surface area is 174 Å². The van der Waals surface area contributed by atoms with Crippen LogP contribution in [0.15, 0.2) is 24.3 Å². The fourth-order valence-corrected chi connectivity index (χ4v) is 4.61. The molecule has 0 aliphatic heterocycles. The highest BCUT2D eigenvalue weighted by atomic mass is 35.5. The quantitative estimate of drug-likeness (QED) is 0.620. The highest BCUT2D eigenvalue weighted by molar-refractivity contribution is 7.17. The molecular formula is C21H24ClNO4S. The Balaban J connectivity index is 1.77. The lowest BCUT2D eigenvalue weighted by Gasteiger charge is -2.15. The number of hydrogen-bond donors (Lipinski definition) is 1. The van der Waals surface area contributed by atoms with E-state index in [0.717, 1.165) is 42.5 Å². The van der Waals surface area contributed by atoms with Gasteiger partial charge in [-0.15, -0.1) is 11.3 Å². The Bertz CT molecular complexity index is 864. The summed E-state index contributed by atoms with van der Waals surface area (Å²) in [5.74, 6) is -0.161. The van der Waals surface area contributed by atoms with Gasteiger partial charge >= 0.3 is 5.97 Å². The second-order valence-electron chi connectivity index (χ2n) is 6.76.